The highest BCUT2D eigenvalue weighted by molar-refractivity contribution is 5.97. The second kappa shape index (κ2) is 8.68. The van der Waals surface area contributed by atoms with Crippen molar-refractivity contribution in [3.05, 3.63) is 70.0 Å². The molecule has 3 aromatic rings. The van der Waals surface area contributed by atoms with Gasteiger partial charge in [-0.25, -0.2) is 4.39 Å². The quantitative estimate of drug-likeness (QED) is 0.574. The number of H-pyrrole nitrogens is 1. The lowest BCUT2D eigenvalue weighted by atomic mass is 9.77. The topological polar surface area (TPSA) is 85.7 Å². The molecule has 34 heavy (non-hydrogen) atoms. The Hall–Kier alpha value is -3.53. The average Bonchev–Trinajstić information content (AvgIpc) is 3.24. The monoisotopic (exact) mass is 457 g/mol. The van der Waals surface area contributed by atoms with Gasteiger partial charge in [-0.3, -0.25) is 4.79 Å². The number of likely N-dealkylation sites (tertiary alicyclic amines) is 1. The fourth-order valence-corrected chi connectivity index (χ4v) is 5.17. The third-order valence-corrected chi connectivity index (χ3v) is 7.40. The maximum Gasteiger partial charge on any atom is 0.254 e. The lowest BCUT2D eigenvalue weighted by molar-refractivity contribution is 0.0420. The number of carbonyl (C=O) groups is 1. The van der Waals surface area contributed by atoms with Gasteiger partial charge in [0.15, 0.2) is 5.82 Å². The van der Waals surface area contributed by atoms with Gasteiger partial charge in [0.1, 0.15) is 11.5 Å². The molecular weight excluding hydrogens is 429 g/mol. The van der Waals surface area contributed by atoms with E-state index in [9.17, 15) is 10.1 Å². The fourth-order valence-electron chi connectivity index (χ4n) is 5.17. The van der Waals surface area contributed by atoms with Crippen LogP contribution in [-0.2, 0) is 5.67 Å². The van der Waals surface area contributed by atoms with E-state index >= 15 is 4.39 Å². The van der Waals surface area contributed by atoms with Crippen molar-refractivity contribution in [3.63, 3.8) is 0 Å². The Kier molecular flexibility index (Phi) is 5.68. The van der Waals surface area contributed by atoms with E-state index in [1.165, 1.54) is 12.0 Å². The first kappa shape index (κ1) is 22.3. The summed E-state index contributed by atoms with van der Waals surface area (Å²) in [6.07, 6.45) is 3.84. The molecule has 7 heteroatoms. The van der Waals surface area contributed by atoms with Crippen molar-refractivity contribution < 1.29 is 9.18 Å². The minimum atomic E-state index is -1.60. The van der Waals surface area contributed by atoms with Gasteiger partial charge < -0.3 is 9.88 Å². The summed E-state index contributed by atoms with van der Waals surface area (Å²) >= 11 is 0. The van der Waals surface area contributed by atoms with Crippen LogP contribution >= 0.6 is 0 Å². The molecule has 1 amide bonds. The molecule has 1 aliphatic carbocycles. The summed E-state index contributed by atoms with van der Waals surface area (Å²) in [6, 6.07) is 13.0. The van der Waals surface area contributed by atoms with Crippen molar-refractivity contribution in [1.82, 2.24) is 20.1 Å². The number of hydrogen-bond acceptors (Lipinski definition) is 4. The predicted octanol–water partition coefficient (Wildman–Crippen LogP) is 5.33. The zero-order valence-corrected chi connectivity index (χ0v) is 19.6. The molecule has 1 N–H and O–H groups in total. The first-order chi connectivity index (χ1) is 16.4. The number of aryl methyl sites for hydroxylation is 2. The molecule has 174 valence electrons. The highest BCUT2D eigenvalue weighted by Gasteiger charge is 2.39. The van der Waals surface area contributed by atoms with Crippen molar-refractivity contribution in [2.24, 2.45) is 0 Å². The average molecular weight is 458 g/mol. The minimum absolute atomic E-state index is 0.0919. The van der Waals surface area contributed by atoms with Crippen LogP contribution in [0.1, 0.15) is 76.5 Å². The number of aromatic nitrogens is 3. The summed E-state index contributed by atoms with van der Waals surface area (Å²) in [5.74, 6) is 1.80. The van der Waals surface area contributed by atoms with Crippen LogP contribution in [0.5, 0.6) is 0 Å². The summed E-state index contributed by atoms with van der Waals surface area (Å²) < 4.78 is 15.8. The lowest BCUT2D eigenvalue weighted by Gasteiger charge is -2.37. The molecular formula is C27H28FN5O. The molecule has 1 aromatic heterocycles. The third-order valence-electron chi connectivity index (χ3n) is 7.40. The maximum atomic E-state index is 15.8. The smallest absolute Gasteiger partial charge is 0.254 e. The van der Waals surface area contributed by atoms with Crippen molar-refractivity contribution in [2.75, 3.05) is 13.1 Å². The first-order valence-corrected chi connectivity index (χ1v) is 11.9. The number of nitrogens with one attached hydrogen (secondary N) is 1. The normalized spacial score (nSPS) is 17.8. The molecule has 2 fully saturated rings. The van der Waals surface area contributed by atoms with E-state index in [1.807, 2.05) is 19.9 Å². The fraction of sp³-hybridized carbons (Fsp3) is 0.407. The molecule has 2 aliphatic rings. The molecule has 2 aromatic carbocycles. The Morgan fingerprint density at radius 2 is 1.91 bits per heavy atom. The van der Waals surface area contributed by atoms with Crippen LogP contribution in [0.3, 0.4) is 0 Å². The summed E-state index contributed by atoms with van der Waals surface area (Å²) in [5.41, 5.74) is 2.88. The van der Waals surface area contributed by atoms with Crippen molar-refractivity contribution in [1.29, 1.82) is 5.26 Å². The van der Waals surface area contributed by atoms with Gasteiger partial charge in [0.2, 0.25) is 0 Å². The van der Waals surface area contributed by atoms with Gasteiger partial charge in [0, 0.05) is 42.6 Å². The Labute approximate surface area is 198 Å². The molecule has 1 aliphatic heterocycles. The van der Waals surface area contributed by atoms with Crippen molar-refractivity contribution >= 4 is 5.91 Å². The number of alkyl halides is 1. The second-order valence-electron chi connectivity index (χ2n) is 9.56. The van der Waals surface area contributed by atoms with Gasteiger partial charge >= 0.3 is 0 Å². The van der Waals surface area contributed by atoms with Crippen LogP contribution in [0.2, 0.25) is 0 Å². The van der Waals surface area contributed by atoms with Gasteiger partial charge in [-0.05, 0) is 55.9 Å². The minimum Gasteiger partial charge on any atom is -0.338 e. The number of carbonyl (C=O) groups excluding carboxylic acids is 1. The van der Waals surface area contributed by atoms with Gasteiger partial charge in [-0.1, -0.05) is 30.7 Å². The van der Waals surface area contributed by atoms with E-state index < -0.39 is 5.67 Å². The number of benzene rings is 2. The zero-order valence-electron chi connectivity index (χ0n) is 19.6. The van der Waals surface area contributed by atoms with Gasteiger partial charge in [-0.15, -0.1) is 10.2 Å². The van der Waals surface area contributed by atoms with E-state index in [-0.39, 0.29) is 18.7 Å². The second-order valence-corrected chi connectivity index (χ2v) is 9.56. The highest BCUT2D eigenvalue weighted by Crippen LogP contribution is 2.42. The summed E-state index contributed by atoms with van der Waals surface area (Å²) in [7, 11) is 0. The number of halogens is 1. The number of hydrogen-bond donors (Lipinski definition) is 1. The Bertz CT molecular complexity index is 1280. The van der Waals surface area contributed by atoms with Crippen LogP contribution in [0, 0.1) is 25.2 Å². The van der Waals surface area contributed by atoms with Crippen LogP contribution in [0.15, 0.2) is 36.4 Å². The summed E-state index contributed by atoms with van der Waals surface area (Å²) in [4.78, 5) is 18.5. The van der Waals surface area contributed by atoms with Crippen LogP contribution in [-0.4, -0.2) is 39.1 Å². The zero-order chi connectivity index (χ0) is 23.9. The number of piperidine rings is 1. The molecule has 6 nitrogen and oxygen atoms in total. The van der Waals surface area contributed by atoms with Crippen LogP contribution in [0.25, 0.3) is 11.4 Å². The van der Waals surface area contributed by atoms with Crippen molar-refractivity contribution in [3.8, 4) is 17.5 Å². The highest BCUT2D eigenvalue weighted by atomic mass is 19.1. The first-order valence-electron chi connectivity index (χ1n) is 11.9. The summed E-state index contributed by atoms with van der Waals surface area (Å²) in [6.45, 7) is 4.43. The van der Waals surface area contributed by atoms with E-state index in [0.29, 0.717) is 41.5 Å². The lowest BCUT2D eigenvalue weighted by Crippen LogP contribution is -2.43. The molecule has 0 atom stereocenters. The Morgan fingerprint density at radius 3 is 2.53 bits per heavy atom. The maximum absolute atomic E-state index is 15.8. The molecule has 0 unspecified atom stereocenters. The van der Waals surface area contributed by atoms with Crippen LogP contribution in [0.4, 0.5) is 4.39 Å². The number of aromatic amines is 1. The predicted molar refractivity (Wildman–Crippen MR) is 127 cm³/mol. The number of rotatable bonds is 4. The molecule has 1 saturated carbocycles. The Balaban J connectivity index is 1.41. The standard InChI is InChI=1S/C27H28FN5O/c1-17-14-22(19-7-5-8-19)23(25-30-18(2)31-32-25)15-21(17)26(34)33-12-10-27(28,11-13-33)24-9-4-3-6-20(24)16-29/h3-4,6,9,14-15,19H,5,7-8,10-13H2,1-2H3,(H,30,31,32). The molecule has 1 saturated heterocycles. The molecule has 0 bridgehead atoms. The largest absolute Gasteiger partial charge is 0.338 e. The van der Waals surface area contributed by atoms with E-state index in [1.54, 1.807) is 29.2 Å². The Morgan fingerprint density at radius 1 is 1.18 bits per heavy atom. The van der Waals surface area contributed by atoms with E-state index in [2.05, 4.69) is 27.3 Å². The molecule has 2 heterocycles. The molecule has 5 rings (SSSR count). The summed E-state index contributed by atoms with van der Waals surface area (Å²) in [5, 5.41) is 17.8. The van der Waals surface area contributed by atoms with Gasteiger partial charge in [-0.2, -0.15) is 5.26 Å². The number of amides is 1. The van der Waals surface area contributed by atoms with Crippen LogP contribution < -0.4 is 0 Å². The number of nitrogens with zero attached hydrogens (tertiary/aromatic N) is 4. The van der Waals surface area contributed by atoms with Gasteiger partial charge in [0.25, 0.3) is 5.91 Å². The SMILES string of the molecule is Cc1nnc(-c2cc(C(=O)N3CCC(F)(c4ccccc4C#N)CC3)c(C)cc2C2CCC2)[nH]1. The molecule has 0 spiro atoms. The van der Waals surface area contributed by atoms with E-state index in [4.69, 9.17) is 0 Å². The van der Waals surface area contributed by atoms with Crippen molar-refractivity contribution in [2.45, 2.75) is 57.5 Å². The third kappa shape index (κ3) is 3.87. The number of nitriles is 1. The molecule has 0 radical (unpaired) electrons. The van der Waals surface area contributed by atoms with Gasteiger partial charge in [0.05, 0.1) is 11.6 Å². The van der Waals surface area contributed by atoms with E-state index in [0.717, 1.165) is 29.8 Å².